The third kappa shape index (κ3) is 7.41. The lowest BCUT2D eigenvalue weighted by Gasteiger charge is -2.38. The van der Waals surface area contributed by atoms with E-state index in [9.17, 15) is 19.2 Å². The van der Waals surface area contributed by atoms with Gasteiger partial charge in [0.1, 0.15) is 12.6 Å². The van der Waals surface area contributed by atoms with Gasteiger partial charge in [-0.1, -0.05) is 0 Å². The molecule has 0 saturated carbocycles. The first-order chi connectivity index (χ1) is 13.4. The number of amides is 4. The van der Waals surface area contributed by atoms with Gasteiger partial charge in [0.25, 0.3) is 0 Å². The summed E-state index contributed by atoms with van der Waals surface area (Å²) in [5.41, 5.74) is 4.59. The molecular weight excluding hydrogens is 370 g/mol. The fourth-order valence-corrected chi connectivity index (χ4v) is 3.26. The number of piperidine rings is 1. The Kier molecular flexibility index (Phi) is 8.61. The van der Waals surface area contributed by atoms with Gasteiger partial charge in [-0.2, -0.15) is 0 Å². The summed E-state index contributed by atoms with van der Waals surface area (Å²) in [6, 6.07) is -1.12. The lowest BCUT2D eigenvalue weighted by atomic mass is 9.84. The molecule has 11 nitrogen and oxygen atoms in total. The van der Waals surface area contributed by atoms with Crippen LogP contribution >= 0.6 is 0 Å². The zero-order valence-electron chi connectivity index (χ0n) is 15.9. The quantitative estimate of drug-likeness (QED) is 0.317. The Hall–Kier alpha value is -2.24. The van der Waals surface area contributed by atoms with Gasteiger partial charge in [0.2, 0.25) is 23.6 Å². The standard InChI is InChI=1S/C17H29N5O6/c18-16(26)12-9-13(23)20-5-6-27-7-8-28-11-15(25)22-17(10-14(24)21-12)1-3-19-4-2-17/h12,19H,1-11H2,(H2,18,26)(H,20,23)(H,21,24)(H,22,25)/t12-/m0/s1. The molecule has 2 heterocycles. The summed E-state index contributed by atoms with van der Waals surface area (Å²) in [7, 11) is 0. The van der Waals surface area contributed by atoms with Gasteiger partial charge in [-0.15, -0.1) is 0 Å². The molecule has 0 aliphatic carbocycles. The van der Waals surface area contributed by atoms with Gasteiger partial charge in [-0.25, -0.2) is 0 Å². The molecule has 2 fully saturated rings. The van der Waals surface area contributed by atoms with E-state index in [0.29, 0.717) is 25.9 Å². The maximum atomic E-state index is 12.6. The largest absolute Gasteiger partial charge is 0.377 e. The van der Waals surface area contributed by atoms with Crippen LogP contribution < -0.4 is 27.0 Å². The number of ether oxygens (including phenoxy) is 2. The summed E-state index contributed by atoms with van der Waals surface area (Å²) in [6.07, 6.45) is 0.827. The number of carbonyl (C=O) groups excluding carboxylic acids is 4. The van der Waals surface area contributed by atoms with Gasteiger partial charge in [-0.05, 0) is 25.9 Å². The predicted molar refractivity (Wildman–Crippen MR) is 98.0 cm³/mol. The van der Waals surface area contributed by atoms with E-state index in [1.807, 2.05) is 0 Å². The molecule has 6 N–H and O–H groups in total. The van der Waals surface area contributed by atoms with E-state index in [4.69, 9.17) is 15.2 Å². The molecule has 158 valence electrons. The zero-order valence-corrected chi connectivity index (χ0v) is 15.9. The first-order valence-electron chi connectivity index (χ1n) is 9.43. The molecule has 2 aliphatic heterocycles. The second kappa shape index (κ2) is 10.9. The topological polar surface area (TPSA) is 161 Å². The van der Waals surface area contributed by atoms with Crippen molar-refractivity contribution in [1.29, 1.82) is 0 Å². The van der Waals surface area contributed by atoms with Gasteiger partial charge >= 0.3 is 0 Å². The van der Waals surface area contributed by atoms with E-state index < -0.39 is 29.3 Å². The highest BCUT2D eigenvalue weighted by molar-refractivity contribution is 5.91. The predicted octanol–water partition coefficient (Wildman–Crippen LogP) is -2.86. The van der Waals surface area contributed by atoms with Crippen molar-refractivity contribution < 1.29 is 28.7 Å². The molecule has 28 heavy (non-hydrogen) atoms. The highest BCUT2D eigenvalue weighted by atomic mass is 16.5. The average Bonchev–Trinajstić information content (AvgIpc) is 2.63. The van der Waals surface area contributed by atoms with E-state index in [1.54, 1.807) is 0 Å². The summed E-state index contributed by atoms with van der Waals surface area (Å²) in [5.74, 6) is -1.98. The number of hydrogen-bond acceptors (Lipinski definition) is 7. The van der Waals surface area contributed by atoms with Crippen molar-refractivity contribution in [3.8, 4) is 0 Å². The molecule has 2 saturated heterocycles. The number of nitrogens with one attached hydrogen (secondary N) is 4. The summed E-state index contributed by atoms with van der Waals surface area (Å²) >= 11 is 0. The summed E-state index contributed by atoms with van der Waals surface area (Å²) in [6.45, 7) is 2.16. The van der Waals surface area contributed by atoms with Crippen molar-refractivity contribution in [2.24, 2.45) is 5.73 Å². The minimum absolute atomic E-state index is 0.0189. The third-order valence-corrected chi connectivity index (χ3v) is 4.71. The maximum Gasteiger partial charge on any atom is 0.246 e. The molecule has 0 unspecified atom stereocenters. The molecule has 2 rings (SSSR count). The van der Waals surface area contributed by atoms with E-state index >= 15 is 0 Å². The lowest BCUT2D eigenvalue weighted by molar-refractivity contribution is -0.132. The number of carbonyl (C=O) groups is 4. The maximum absolute atomic E-state index is 12.6. The van der Waals surface area contributed by atoms with Gasteiger partial charge in [0.15, 0.2) is 0 Å². The Morgan fingerprint density at radius 3 is 2.39 bits per heavy atom. The van der Waals surface area contributed by atoms with Crippen LogP contribution in [0.15, 0.2) is 0 Å². The van der Waals surface area contributed by atoms with Crippen molar-refractivity contribution in [1.82, 2.24) is 21.3 Å². The fraction of sp³-hybridized carbons (Fsp3) is 0.765. The first-order valence-corrected chi connectivity index (χ1v) is 9.43. The van der Waals surface area contributed by atoms with E-state index in [-0.39, 0.29) is 51.7 Å². The van der Waals surface area contributed by atoms with E-state index in [2.05, 4.69) is 21.3 Å². The van der Waals surface area contributed by atoms with Crippen molar-refractivity contribution in [3.63, 3.8) is 0 Å². The SMILES string of the molecule is NC(=O)[C@@H]1CC(=O)NCCOCCOCC(=O)NC2(CCNCC2)CC(=O)N1. The number of hydrogen-bond donors (Lipinski definition) is 5. The Bertz CT molecular complexity index is 578. The molecule has 0 aromatic rings. The van der Waals surface area contributed by atoms with Crippen molar-refractivity contribution in [3.05, 3.63) is 0 Å². The third-order valence-electron chi connectivity index (χ3n) is 4.71. The van der Waals surface area contributed by atoms with Crippen molar-refractivity contribution in [2.75, 3.05) is 46.1 Å². The van der Waals surface area contributed by atoms with Crippen LogP contribution in [0.1, 0.15) is 25.7 Å². The van der Waals surface area contributed by atoms with Crippen LogP contribution in [0.4, 0.5) is 0 Å². The number of primary amides is 1. The van der Waals surface area contributed by atoms with Crippen LogP contribution in [0.3, 0.4) is 0 Å². The van der Waals surface area contributed by atoms with Crippen molar-refractivity contribution in [2.45, 2.75) is 37.3 Å². The summed E-state index contributed by atoms with van der Waals surface area (Å²) in [4.78, 5) is 48.5. The zero-order chi connectivity index (χ0) is 20.4. The molecule has 0 aromatic heterocycles. The minimum Gasteiger partial charge on any atom is -0.377 e. The Morgan fingerprint density at radius 1 is 0.964 bits per heavy atom. The van der Waals surface area contributed by atoms with Crippen molar-refractivity contribution >= 4 is 23.6 Å². The molecule has 1 spiro atoms. The average molecular weight is 399 g/mol. The van der Waals surface area contributed by atoms with Crippen LogP contribution in [0.2, 0.25) is 0 Å². The Morgan fingerprint density at radius 2 is 1.68 bits per heavy atom. The van der Waals surface area contributed by atoms with Gasteiger partial charge < -0.3 is 36.5 Å². The molecule has 4 amide bonds. The number of nitrogens with two attached hydrogens (primary N) is 1. The van der Waals surface area contributed by atoms with Gasteiger partial charge in [0, 0.05) is 13.0 Å². The molecule has 1 atom stereocenters. The van der Waals surface area contributed by atoms with E-state index in [0.717, 1.165) is 0 Å². The second-order valence-electron chi connectivity index (χ2n) is 7.00. The molecule has 0 aromatic carbocycles. The summed E-state index contributed by atoms with van der Waals surface area (Å²) in [5, 5.41) is 11.2. The van der Waals surface area contributed by atoms with Gasteiger partial charge in [-0.3, -0.25) is 19.2 Å². The van der Waals surface area contributed by atoms with E-state index in [1.165, 1.54) is 0 Å². The summed E-state index contributed by atoms with van der Waals surface area (Å²) < 4.78 is 10.6. The van der Waals surface area contributed by atoms with Crippen LogP contribution in [0, 0.1) is 0 Å². The molecule has 0 radical (unpaired) electrons. The normalized spacial score (nSPS) is 25.9. The molecular formula is C17H29N5O6. The lowest BCUT2D eigenvalue weighted by Crippen LogP contribution is -2.58. The smallest absolute Gasteiger partial charge is 0.246 e. The minimum atomic E-state index is -1.12. The van der Waals surface area contributed by atoms with Crippen LogP contribution in [0.25, 0.3) is 0 Å². The molecule has 11 heteroatoms. The molecule has 2 aliphatic rings. The number of rotatable bonds is 1. The Balaban J connectivity index is 2.10. The fourth-order valence-electron chi connectivity index (χ4n) is 3.26. The monoisotopic (exact) mass is 399 g/mol. The Labute approximate surface area is 163 Å². The van der Waals surface area contributed by atoms with Crippen LogP contribution in [0.5, 0.6) is 0 Å². The second-order valence-corrected chi connectivity index (χ2v) is 7.00. The first kappa shape index (κ1) is 22.1. The highest BCUT2D eigenvalue weighted by Gasteiger charge is 2.36. The van der Waals surface area contributed by atoms with Crippen LogP contribution in [-0.2, 0) is 28.7 Å². The highest BCUT2D eigenvalue weighted by Crippen LogP contribution is 2.22. The molecule has 0 bridgehead atoms. The van der Waals surface area contributed by atoms with Gasteiger partial charge in [0.05, 0.1) is 31.8 Å². The van der Waals surface area contributed by atoms with Crippen LogP contribution in [-0.4, -0.2) is 81.3 Å².